The molecule has 0 radical (unpaired) electrons. The smallest absolute Gasteiger partial charge is 0.239 e. The minimum Gasteiger partial charge on any atom is -0.368 e. The first-order valence-electron chi connectivity index (χ1n) is 5.02. The van der Waals surface area contributed by atoms with Crippen LogP contribution in [-0.4, -0.2) is 30.6 Å². The van der Waals surface area contributed by atoms with Crippen molar-refractivity contribution in [2.45, 2.75) is 24.4 Å². The standard InChI is InChI=1S/C9H15N3O/c10-8(13)9-6-1-5(3-12-9)2-7(9)11-4-6/h5-7,11-12H,1-4H2,(H2,10,13). The van der Waals surface area contributed by atoms with E-state index in [1.807, 2.05) is 0 Å². The van der Waals surface area contributed by atoms with Crippen LogP contribution in [0.1, 0.15) is 12.8 Å². The predicted octanol–water partition coefficient (Wildman–Crippen LogP) is -1.19. The molecule has 0 aromatic rings. The van der Waals surface area contributed by atoms with Crippen LogP contribution in [0.5, 0.6) is 0 Å². The second-order valence-corrected chi connectivity index (χ2v) is 4.61. The highest BCUT2D eigenvalue weighted by molar-refractivity contribution is 5.87. The second kappa shape index (κ2) is 2.25. The van der Waals surface area contributed by atoms with Gasteiger partial charge >= 0.3 is 0 Å². The summed E-state index contributed by atoms with van der Waals surface area (Å²) in [6.45, 7) is 1.93. The number of fused-ring (bicyclic) bond motifs is 1. The predicted molar refractivity (Wildman–Crippen MR) is 47.9 cm³/mol. The number of carbonyl (C=O) groups is 1. The summed E-state index contributed by atoms with van der Waals surface area (Å²) < 4.78 is 0. The number of rotatable bonds is 1. The highest BCUT2D eigenvalue weighted by Crippen LogP contribution is 2.44. The zero-order valence-electron chi connectivity index (χ0n) is 7.55. The third-order valence-corrected chi connectivity index (χ3v) is 4.08. The molecule has 4 aliphatic rings. The first-order chi connectivity index (χ1) is 6.23. The number of hydrogen-bond donors (Lipinski definition) is 3. The maximum Gasteiger partial charge on any atom is 0.239 e. The molecule has 4 heteroatoms. The molecule has 4 N–H and O–H groups in total. The molecule has 4 unspecified atom stereocenters. The van der Waals surface area contributed by atoms with Crippen molar-refractivity contribution in [1.29, 1.82) is 0 Å². The van der Waals surface area contributed by atoms with E-state index in [1.165, 1.54) is 6.42 Å². The highest BCUT2D eigenvalue weighted by atomic mass is 16.1. The van der Waals surface area contributed by atoms with E-state index >= 15 is 0 Å². The maximum atomic E-state index is 11.5. The van der Waals surface area contributed by atoms with Gasteiger partial charge in [0.25, 0.3) is 0 Å². The molecule has 4 nitrogen and oxygen atoms in total. The van der Waals surface area contributed by atoms with E-state index in [-0.39, 0.29) is 5.91 Å². The summed E-state index contributed by atoms with van der Waals surface area (Å²) in [5.41, 5.74) is 5.11. The molecule has 3 aliphatic heterocycles. The monoisotopic (exact) mass is 181 g/mol. The second-order valence-electron chi connectivity index (χ2n) is 4.61. The number of amides is 1. The third kappa shape index (κ3) is 0.758. The van der Waals surface area contributed by atoms with Gasteiger partial charge in [-0.1, -0.05) is 0 Å². The molecule has 4 bridgehead atoms. The Hall–Kier alpha value is -0.610. The quantitative estimate of drug-likeness (QED) is 0.476. The molecule has 3 heterocycles. The molecular formula is C9H15N3O. The lowest BCUT2D eigenvalue weighted by molar-refractivity contribution is -0.130. The first-order valence-corrected chi connectivity index (χ1v) is 5.02. The van der Waals surface area contributed by atoms with Gasteiger partial charge in [-0.25, -0.2) is 0 Å². The molecule has 1 amide bonds. The molecular weight excluding hydrogens is 166 g/mol. The zero-order valence-corrected chi connectivity index (χ0v) is 7.55. The summed E-state index contributed by atoms with van der Waals surface area (Å²) in [6.07, 6.45) is 2.28. The van der Waals surface area contributed by atoms with E-state index < -0.39 is 5.54 Å². The topological polar surface area (TPSA) is 67.2 Å². The van der Waals surface area contributed by atoms with Crippen molar-refractivity contribution in [1.82, 2.24) is 10.6 Å². The lowest BCUT2D eigenvalue weighted by atomic mass is 9.65. The van der Waals surface area contributed by atoms with Crippen LogP contribution in [0.4, 0.5) is 0 Å². The van der Waals surface area contributed by atoms with Crippen LogP contribution in [0.2, 0.25) is 0 Å². The van der Waals surface area contributed by atoms with Crippen molar-refractivity contribution in [3.63, 3.8) is 0 Å². The number of piperidine rings is 2. The van der Waals surface area contributed by atoms with Gasteiger partial charge in [0.05, 0.1) is 0 Å². The summed E-state index contributed by atoms with van der Waals surface area (Å²) in [4.78, 5) is 11.5. The average molecular weight is 181 g/mol. The van der Waals surface area contributed by atoms with Gasteiger partial charge in [0, 0.05) is 18.5 Å². The summed E-state index contributed by atoms with van der Waals surface area (Å²) in [6, 6.07) is 0.294. The summed E-state index contributed by atoms with van der Waals surface area (Å²) in [5.74, 6) is 1.03. The van der Waals surface area contributed by atoms with Crippen molar-refractivity contribution >= 4 is 5.91 Å². The third-order valence-electron chi connectivity index (χ3n) is 4.08. The van der Waals surface area contributed by atoms with Crippen LogP contribution < -0.4 is 16.4 Å². The fourth-order valence-corrected chi connectivity index (χ4v) is 3.47. The van der Waals surface area contributed by atoms with E-state index in [0.29, 0.717) is 12.0 Å². The molecule has 0 aromatic carbocycles. The Balaban J connectivity index is 2.05. The Kier molecular flexibility index (Phi) is 1.34. The Morgan fingerprint density at radius 2 is 2.23 bits per heavy atom. The number of nitrogens with two attached hydrogens (primary N) is 1. The molecule has 4 fully saturated rings. The van der Waals surface area contributed by atoms with Gasteiger partial charge in [0.2, 0.25) is 5.91 Å². The SMILES string of the molecule is NC(=O)C12NCC3CC1CNC2C3. The molecule has 4 atom stereocenters. The molecule has 0 spiro atoms. The van der Waals surface area contributed by atoms with Crippen LogP contribution in [0.3, 0.4) is 0 Å². The van der Waals surface area contributed by atoms with Crippen molar-refractivity contribution in [3.05, 3.63) is 0 Å². The van der Waals surface area contributed by atoms with E-state index in [1.54, 1.807) is 0 Å². The van der Waals surface area contributed by atoms with Gasteiger partial charge in [-0.05, 0) is 25.3 Å². The summed E-state index contributed by atoms with van der Waals surface area (Å²) >= 11 is 0. The minimum atomic E-state index is -0.408. The van der Waals surface area contributed by atoms with Gasteiger partial charge in [-0.2, -0.15) is 0 Å². The Morgan fingerprint density at radius 1 is 1.38 bits per heavy atom. The van der Waals surface area contributed by atoms with Crippen LogP contribution >= 0.6 is 0 Å². The van der Waals surface area contributed by atoms with Crippen molar-refractivity contribution in [2.24, 2.45) is 17.6 Å². The highest BCUT2D eigenvalue weighted by Gasteiger charge is 2.60. The van der Waals surface area contributed by atoms with E-state index in [2.05, 4.69) is 10.6 Å². The lowest BCUT2D eigenvalue weighted by Gasteiger charge is -2.50. The largest absolute Gasteiger partial charge is 0.368 e. The fraction of sp³-hybridized carbons (Fsp3) is 0.889. The van der Waals surface area contributed by atoms with Crippen molar-refractivity contribution in [2.75, 3.05) is 13.1 Å². The van der Waals surface area contributed by atoms with Gasteiger partial charge in [0.15, 0.2) is 0 Å². The number of primary amides is 1. The number of hydrogen-bond acceptors (Lipinski definition) is 3. The average Bonchev–Trinajstić information content (AvgIpc) is 2.38. The number of nitrogens with one attached hydrogen (secondary N) is 2. The molecule has 4 rings (SSSR count). The molecule has 72 valence electrons. The Bertz CT molecular complexity index is 252. The van der Waals surface area contributed by atoms with Crippen LogP contribution in [0.15, 0.2) is 0 Å². The molecule has 3 saturated heterocycles. The Morgan fingerprint density at radius 3 is 2.85 bits per heavy atom. The molecule has 1 aliphatic carbocycles. The summed E-state index contributed by atoms with van der Waals surface area (Å²) in [7, 11) is 0. The molecule has 13 heavy (non-hydrogen) atoms. The lowest BCUT2D eigenvalue weighted by Crippen LogP contribution is -2.72. The van der Waals surface area contributed by atoms with Crippen molar-refractivity contribution in [3.8, 4) is 0 Å². The van der Waals surface area contributed by atoms with E-state index in [4.69, 9.17) is 5.73 Å². The van der Waals surface area contributed by atoms with E-state index in [0.717, 1.165) is 25.4 Å². The maximum absolute atomic E-state index is 11.5. The van der Waals surface area contributed by atoms with E-state index in [9.17, 15) is 4.79 Å². The zero-order chi connectivity index (χ0) is 9.05. The number of carbonyl (C=O) groups excluding carboxylic acids is 1. The van der Waals surface area contributed by atoms with Gasteiger partial charge in [-0.15, -0.1) is 0 Å². The normalized spacial score (nSPS) is 52.5. The van der Waals surface area contributed by atoms with Crippen LogP contribution in [0.25, 0.3) is 0 Å². The van der Waals surface area contributed by atoms with Crippen molar-refractivity contribution < 1.29 is 4.79 Å². The minimum absolute atomic E-state index is 0.161. The summed E-state index contributed by atoms with van der Waals surface area (Å²) in [5, 5.41) is 6.77. The van der Waals surface area contributed by atoms with Gasteiger partial charge in [-0.3, -0.25) is 4.79 Å². The molecule has 1 saturated carbocycles. The first kappa shape index (κ1) is 7.76. The van der Waals surface area contributed by atoms with Crippen LogP contribution in [0, 0.1) is 11.8 Å². The van der Waals surface area contributed by atoms with Gasteiger partial charge < -0.3 is 16.4 Å². The Labute approximate surface area is 77.2 Å². The van der Waals surface area contributed by atoms with Gasteiger partial charge in [0.1, 0.15) is 5.54 Å². The van der Waals surface area contributed by atoms with Crippen LogP contribution in [-0.2, 0) is 4.79 Å². The molecule has 0 aromatic heterocycles. The fourth-order valence-electron chi connectivity index (χ4n) is 3.47.